The summed E-state index contributed by atoms with van der Waals surface area (Å²) < 4.78 is 0. The first-order valence-corrected chi connectivity index (χ1v) is 6.93. The predicted molar refractivity (Wildman–Crippen MR) is 79.1 cm³/mol. The van der Waals surface area contributed by atoms with Gasteiger partial charge in [-0.1, -0.05) is 42.5 Å². The maximum atomic E-state index is 9.82. The van der Waals surface area contributed by atoms with Gasteiger partial charge >= 0.3 is 0 Å². The molecule has 1 aliphatic rings. The maximum Gasteiger partial charge on any atom is 0.0741 e. The summed E-state index contributed by atoms with van der Waals surface area (Å²) in [6.45, 7) is 0. The van der Waals surface area contributed by atoms with Crippen LogP contribution in [0.2, 0.25) is 0 Å². The molecular formula is C17H19NO. The van der Waals surface area contributed by atoms with Crippen LogP contribution in [0.15, 0.2) is 54.6 Å². The van der Waals surface area contributed by atoms with Crippen LogP contribution in [-0.2, 0) is 0 Å². The molecule has 0 saturated heterocycles. The van der Waals surface area contributed by atoms with Crippen molar-refractivity contribution in [2.24, 2.45) is 0 Å². The zero-order valence-electron chi connectivity index (χ0n) is 10.9. The van der Waals surface area contributed by atoms with Crippen LogP contribution in [0.4, 0.5) is 5.69 Å². The van der Waals surface area contributed by atoms with Crippen molar-refractivity contribution in [3.8, 4) is 11.1 Å². The van der Waals surface area contributed by atoms with E-state index in [1.54, 1.807) is 0 Å². The van der Waals surface area contributed by atoms with Crippen LogP contribution in [0.25, 0.3) is 11.1 Å². The highest BCUT2D eigenvalue weighted by Gasteiger charge is 2.24. The molecule has 3 rings (SSSR count). The minimum atomic E-state index is -0.200. The van der Waals surface area contributed by atoms with Crippen LogP contribution in [0.5, 0.6) is 0 Å². The Morgan fingerprint density at radius 2 is 1.53 bits per heavy atom. The summed E-state index contributed by atoms with van der Waals surface area (Å²) in [5.41, 5.74) is 3.54. The fraction of sp³-hybridized carbons (Fsp3) is 0.294. The average Bonchev–Trinajstić information content (AvgIpc) is 2.86. The summed E-state index contributed by atoms with van der Waals surface area (Å²) in [6, 6.07) is 19.0. The Hall–Kier alpha value is -1.80. The molecule has 98 valence electrons. The van der Waals surface area contributed by atoms with Gasteiger partial charge in [0.05, 0.1) is 12.1 Å². The number of benzene rings is 2. The van der Waals surface area contributed by atoms with Gasteiger partial charge in [0.25, 0.3) is 0 Å². The van der Waals surface area contributed by atoms with E-state index >= 15 is 0 Å². The van der Waals surface area contributed by atoms with E-state index in [1.807, 2.05) is 6.07 Å². The molecule has 0 heterocycles. The summed E-state index contributed by atoms with van der Waals surface area (Å²) in [7, 11) is 0. The lowest BCUT2D eigenvalue weighted by molar-refractivity contribution is 0.172. The number of anilines is 1. The van der Waals surface area contributed by atoms with Crippen LogP contribution >= 0.6 is 0 Å². The van der Waals surface area contributed by atoms with Gasteiger partial charge < -0.3 is 10.4 Å². The molecule has 0 amide bonds. The first-order chi connectivity index (χ1) is 9.33. The maximum absolute atomic E-state index is 9.82. The average molecular weight is 253 g/mol. The van der Waals surface area contributed by atoms with Crippen LogP contribution in [0.3, 0.4) is 0 Å². The van der Waals surface area contributed by atoms with Gasteiger partial charge in [-0.15, -0.1) is 0 Å². The van der Waals surface area contributed by atoms with Gasteiger partial charge in [-0.2, -0.15) is 0 Å². The van der Waals surface area contributed by atoms with Gasteiger partial charge in [0.1, 0.15) is 0 Å². The predicted octanol–water partition coefficient (Wildman–Crippen LogP) is 3.68. The van der Waals surface area contributed by atoms with Gasteiger partial charge in [0.15, 0.2) is 0 Å². The van der Waals surface area contributed by atoms with Crippen molar-refractivity contribution in [1.82, 2.24) is 0 Å². The lowest BCUT2D eigenvalue weighted by atomic mass is 10.1. The first-order valence-electron chi connectivity index (χ1n) is 6.93. The standard InChI is InChI=1S/C17H19NO/c19-17-8-4-7-16(17)18-15-11-9-14(10-12-15)13-5-2-1-3-6-13/h1-3,5-6,9-12,16-19H,4,7-8H2/t16-,17-/m0/s1. The smallest absolute Gasteiger partial charge is 0.0741 e. The molecule has 2 aromatic rings. The third-order valence-corrected chi connectivity index (χ3v) is 3.82. The van der Waals surface area contributed by atoms with Gasteiger partial charge in [-0.05, 0) is 42.5 Å². The Kier molecular flexibility index (Phi) is 3.51. The summed E-state index contributed by atoms with van der Waals surface area (Å²) in [5.74, 6) is 0. The third-order valence-electron chi connectivity index (χ3n) is 3.82. The number of nitrogens with one attached hydrogen (secondary N) is 1. The summed E-state index contributed by atoms with van der Waals surface area (Å²) in [5, 5.41) is 13.2. The van der Waals surface area contributed by atoms with Crippen molar-refractivity contribution in [2.75, 3.05) is 5.32 Å². The fourth-order valence-corrected chi connectivity index (χ4v) is 2.71. The highest BCUT2D eigenvalue weighted by atomic mass is 16.3. The first kappa shape index (κ1) is 12.2. The highest BCUT2D eigenvalue weighted by molar-refractivity contribution is 5.65. The van der Waals surface area contributed by atoms with Crippen molar-refractivity contribution in [1.29, 1.82) is 0 Å². The van der Waals surface area contributed by atoms with E-state index in [2.05, 4.69) is 53.8 Å². The van der Waals surface area contributed by atoms with E-state index in [4.69, 9.17) is 0 Å². The van der Waals surface area contributed by atoms with Gasteiger partial charge in [-0.25, -0.2) is 0 Å². The Labute approximate surface area is 114 Å². The molecular weight excluding hydrogens is 234 g/mol. The number of hydrogen-bond donors (Lipinski definition) is 2. The van der Waals surface area contributed by atoms with Crippen molar-refractivity contribution in [3.05, 3.63) is 54.6 Å². The number of aliphatic hydroxyl groups is 1. The monoisotopic (exact) mass is 253 g/mol. The Balaban J connectivity index is 1.72. The van der Waals surface area contributed by atoms with Crippen LogP contribution in [-0.4, -0.2) is 17.3 Å². The minimum absolute atomic E-state index is 0.200. The molecule has 1 fully saturated rings. The zero-order chi connectivity index (χ0) is 13.1. The second-order valence-corrected chi connectivity index (χ2v) is 5.19. The van der Waals surface area contributed by atoms with Crippen molar-refractivity contribution < 1.29 is 5.11 Å². The van der Waals surface area contributed by atoms with Crippen molar-refractivity contribution in [2.45, 2.75) is 31.4 Å². The molecule has 0 radical (unpaired) electrons. The summed E-state index contributed by atoms with van der Waals surface area (Å²) in [4.78, 5) is 0. The van der Waals surface area contributed by atoms with E-state index in [-0.39, 0.29) is 12.1 Å². The van der Waals surface area contributed by atoms with Gasteiger partial charge in [0, 0.05) is 5.69 Å². The van der Waals surface area contributed by atoms with E-state index in [0.717, 1.165) is 24.9 Å². The fourth-order valence-electron chi connectivity index (χ4n) is 2.71. The second kappa shape index (κ2) is 5.45. The molecule has 0 aliphatic heterocycles. The number of hydrogen-bond acceptors (Lipinski definition) is 2. The van der Waals surface area contributed by atoms with E-state index in [0.29, 0.717) is 0 Å². The molecule has 2 aromatic carbocycles. The van der Waals surface area contributed by atoms with Gasteiger partial charge in [0.2, 0.25) is 0 Å². The molecule has 0 bridgehead atoms. The van der Waals surface area contributed by atoms with Crippen LogP contribution < -0.4 is 5.32 Å². The largest absolute Gasteiger partial charge is 0.391 e. The van der Waals surface area contributed by atoms with Crippen molar-refractivity contribution >= 4 is 5.69 Å². The van der Waals surface area contributed by atoms with Crippen LogP contribution in [0.1, 0.15) is 19.3 Å². The molecule has 0 unspecified atom stereocenters. The second-order valence-electron chi connectivity index (χ2n) is 5.19. The van der Waals surface area contributed by atoms with Gasteiger partial charge in [-0.3, -0.25) is 0 Å². The highest BCUT2D eigenvalue weighted by Crippen LogP contribution is 2.25. The molecule has 1 aliphatic carbocycles. The normalized spacial score (nSPS) is 22.4. The summed E-state index contributed by atoms with van der Waals surface area (Å²) in [6.07, 6.45) is 2.89. The van der Waals surface area contributed by atoms with Crippen molar-refractivity contribution in [3.63, 3.8) is 0 Å². The molecule has 0 spiro atoms. The van der Waals surface area contributed by atoms with E-state index in [1.165, 1.54) is 11.1 Å². The lowest BCUT2D eigenvalue weighted by Gasteiger charge is -2.18. The minimum Gasteiger partial charge on any atom is -0.391 e. The topological polar surface area (TPSA) is 32.3 Å². The third kappa shape index (κ3) is 2.79. The SMILES string of the molecule is O[C@H]1CCC[C@@H]1Nc1ccc(-c2ccccc2)cc1. The molecule has 2 nitrogen and oxygen atoms in total. The zero-order valence-corrected chi connectivity index (χ0v) is 10.9. The Morgan fingerprint density at radius 1 is 0.842 bits per heavy atom. The molecule has 2 atom stereocenters. The lowest BCUT2D eigenvalue weighted by Crippen LogP contribution is -2.27. The van der Waals surface area contributed by atoms with E-state index in [9.17, 15) is 5.11 Å². The summed E-state index contributed by atoms with van der Waals surface area (Å²) >= 11 is 0. The molecule has 19 heavy (non-hydrogen) atoms. The Morgan fingerprint density at radius 3 is 2.16 bits per heavy atom. The quantitative estimate of drug-likeness (QED) is 0.874. The molecule has 2 heteroatoms. The number of aliphatic hydroxyl groups excluding tert-OH is 1. The Bertz CT molecular complexity index is 521. The molecule has 0 aromatic heterocycles. The molecule has 1 saturated carbocycles. The van der Waals surface area contributed by atoms with E-state index < -0.39 is 0 Å². The molecule has 2 N–H and O–H groups in total. The van der Waals surface area contributed by atoms with Crippen LogP contribution in [0, 0.1) is 0 Å². The number of rotatable bonds is 3.